The Morgan fingerprint density at radius 3 is 2.33 bits per heavy atom. The number of rotatable bonds is 6. The van der Waals surface area contributed by atoms with Crippen LogP contribution in [0.2, 0.25) is 10.0 Å². The zero-order chi connectivity index (χ0) is 16.8. The molecule has 0 aliphatic rings. The maximum absolute atomic E-state index is 6.03. The van der Waals surface area contributed by atoms with Crippen LogP contribution in [0.5, 0.6) is 5.75 Å². The summed E-state index contributed by atoms with van der Waals surface area (Å²) >= 11 is 12.0. The van der Waals surface area contributed by atoms with Gasteiger partial charge in [0.25, 0.3) is 0 Å². The third kappa shape index (κ3) is 4.67. The first-order valence-corrected chi connectivity index (χ1v) is 8.41. The monoisotopic (exact) mass is 357 g/mol. The highest BCUT2D eigenvalue weighted by Crippen LogP contribution is 2.25. The van der Waals surface area contributed by atoms with Gasteiger partial charge in [-0.05, 0) is 41.5 Å². The predicted octanol–water partition coefficient (Wildman–Crippen LogP) is 6.18. The molecule has 0 radical (unpaired) electrons. The van der Waals surface area contributed by atoms with Gasteiger partial charge < -0.3 is 10.1 Å². The second-order valence-electron chi connectivity index (χ2n) is 5.40. The summed E-state index contributed by atoms with van der Waals surface area (Å²) in [5.41, 5.74) is 3.21. The number of anilines is 1. The maximum atomic E-state index is 6.03. The van der Waals surface area contributed by atoms with E-state index in [0.717, 1.165) is 22.6 Å². The number of nitrogens with one attached hydrogen (secondary N) is 1. The van der Waals surface area contributed by atoms with Crippen molar-refractivity contribution in [2.24, 2.45) is 0 Å². The lowest BCUT2D eigenvalue weighted by Gasteiger charge is -2.10. The second kappa shape index (κ2) is 8.09. The summed E-state index contributed by atoms with van der Waals surface area (Å²) in [5.74, 6) is 0.854. The van der Waals surface area contributed by atoms with Crippen LogP contribution >= 0.6 is 23.2 Å². The highest BCUT2D eigenvalue weighted by molar-refractivity contribution is 6.42. The topological polar surface area (TPSA) is 21.3 Å². The van der Waals surface area contributed by atoms with Crippen LogP contribution < -0.4 is 10.1 Å². The van der Waals surface area contributed by atoms with E-state index in [1.54, 1.807) is 6.07 Å². The average Bonchev–Trinajstić information content (AvgIpc) is 2.62. The third-order valence-corrected chi connectivity index (χ3v) is 4.30. The van der Waals surface area contributed by atoms with Crippen LogP contribution in [0.1, 0.15) is 11.1 Å². The zero-order valence-electron chi connectivity index (χ0n) is 13.0. The van der Waals surface area contributed by atoms with Crippen LogP contribution in [-0.2, 0) is 13.2 Å². The third-order valence-electron chi connectivity index (χ3n) is 3.56. The van der Waals surface area contributed by atoms with Gasteiger partial charge in [0.15, 0.2) is 0 Å². The summed E-state index contributed by atoms with van der Waals surface area (Å²) in [5, 5.41) is 4.43. The number of hydrogen-bond acceptors (Lipinski definition) is 2. The van der Waals surface area contributed by atoms with Crippen molar-refractivity contribution in [1.82, 2.24) is 0 Å². The molecule has 3 aromatic rings. The van der Waals surface area contributed by atoms with E-state index in [0.29, 0.717) is 23.2 Å². The van der Waals surface area contributed by atoms with Gasteiger partial charge in [0, 0.05) is 12.2 Å². The van der Waals surface area contributed by atoms with Crippen LogP contribution in [0.4, 0.5) is 5.69 Å². The van der Waals surface area contributed by atoms with E-state index in [-0.39, 0.29) is 0 Å². The van der Waals surface area contributed by atoms with E-state index in [1.807, 2.05) is 48.5 Å². The fourth-order valence-electron chi connectivity index (χ4n) is 2.30. The van der Waals surface area contributed by atoms with Gasteiger partial charge in [0.2, 0.25) is 0 Å². The molecule has 4 heteroatoms. The lowest BCUT2D eigenvalue weighted by molar-refractivity contribution is 0.306. The molecule has 0 spiro atoms. The Hall–Kier alpha value is -2.16. The number of halogens is 2. The summed E-state index contributed by atoms with van der Waals surface area (Å²) in [6.45, 7) is 1.24. The van der Waals surface area contributed by atoms with Gasteiger partial charge in [-0.1, -0.05) is 65.7 Å². The van der Waals surface area contributed by atoms with E-state index in [9.17, 15) is 0 Å². The first kappa shape index (κ1) is 16.7. The Kier molecular flexibility index (Phi) is 5.63. The molecule has 0 unspecified atom stereocenters. The maximum Gasteiger partial charge on any atom is 0.120 e. The molecule has 3 rings (SSSR count). The minimum atomic E-state index is 0.543. The molecule has 0 bridgehead atoms. The van der Waals surface area contributed by atoms with E-state index in [1.165, 1.54) is 0 Å². The molecule has 0 saturated heterocycles. The Bertz CT molecular complexity index is 806. The molecule has 0 fully saturated rings. The fraction of sp³-hybridized carbons (Fsp3) is 0.100. The molecule has 0 aliphatic carbocycles. The largest absolute Gasteiger partial charge is 0.489 e. The molecule has 122 valence electrons. The quantitative estimate of drug-likeness (QED) is 0.568. The van der Waals surface area contributed by atoms with E-state index in [2.05, 4.69) is 23.5 Å². The SMILES string of the molecule is Clc1ccc(NCc2cccc(OCc3ccccc3)c2)cc1Cl. The summed E-state index contributed by atoms with van der Waals surface area (Å²) in [4.78, 5) is 0. The van der Waals surface area contributed by atoms with Crippen LogP contribution in [0.3, 0.4) is 0 Å². The summed E-state index contributed by atoms with van der Waals surface area (Å²) in [6, 6.07) is 23.7. The highest BCUT2D eigenvalue weighted by Gasteiger charge is 2.01. The minimum absolute atomic E-state index is 0.543. The average molecular weight is 358 g/mol. The van der Waals surface area contributed by atoms with Crippen LogP contribution in [0.25, 0.3) is 0 Å². The van der Waals surface area contributed by atoms with Crippen molar-refractivity contribution < 1.29 is 4.74 Å². The smallest absolute Gasteiger partial charge is 0.120 e. The molecule has 0 saturated carbocycles. The Morgan fingerprint density at radius 2 is 1.54 bits per heavy atom. The first-order valence-electron chi connectivity index (χ1n) is 7.65. The van der Waals surface area contributed by atoms with Gasteiger partial charge in [0.1, 0.15) is 12.4 Å². The molecular weight excluding hydrogens is 341 g/mol. The molecule has 0 aliphatic heterocycles. The Morgan fingerprint density at radius 1 is 0.750 bits per heavy atom. The number of ether oxygens (including phenoxy) is 1. The van der Waals surface area contributed by atoms with E-state index in [4.69, 9.17) is 27.9 Å². The highest BCUT2D eigenvalue weighted by atomic mass is 35.5. The Balaban J connectivity index is 1.59. The predicted molar refractivity (Wildman–Crippen MR) is 101 cm³/mol. The van der Waals surface area contributed by atoms with Crippen LogP contribution in [-0.4, -0.2) is 0 Å². The summed E-state index contributed by atoms with van der Waals surface area (Å²) in [7, 11) is 0. The molecule has 0 amide bonds. The molecular formula is C20H17Cl2NO. The van der Waals surface area contributed by atoms with Crippen molar-refractivity contribution in [3.8, 4) is 5.75 Å². The van der Waals surface area contributed by atoms with Crippen molar-refractivity contribution >= 4 is 28.9 Å². The molecule has 2 nitrogen and oxygen atoms in total. The zero-order valence-corrected chi connectivity index (χ0v) is 14.5. The van der Waals surface area contributed by atoms with Crippen molar-refractivity contribution in [1.29, 1.82) is 0 Å². The van der Waals surface area contributed by atoms with Crippen LogP contribution in [0, 0.1) is 0 Å². The molecule has 0 heterocycles. The summed E-state index contributed by atoms with van der Waals surface area (Å²) < 4.78 is 5.85. The van der Waals surface area contributed by atoms with Crippen molar-refractivity contribution in [2.75, 3.05) is 5.32 Å². The molecule has 0 aromatic heterocycles. The second-order valence-corrected chi connectivity index (χ2v) is 6.22. The fourth-order valence-corrected chi connectivity index (χ4v) is 2.59. The normalized spacial score (nSPS) is 10.4. The minimum Gasteiger partial charge on any atom is -0.489 e. The molecule has 24 heavy (non-hydrogen) atoms. The lowest BCUT2D eigenvalue weighted by Crippen LogP contribution is -2.00. The lowest BCUT2D eigenvalue weighted by atomic mass is 10.2. The number of benzene rings is 3. The van der Waals surface area contributed by atoms with Gasteiger partial charge in [0.05, 0.1) is 10.0 Å². The van der Waals surface area contributed by atoms with Crippen LogP contribution in [0.15, 0.2) is 72.8 Å². The number of hydrogen-bond donors (Lipinski definition) is 1. The van der Waals surface area contributed by atoms with Gasteiger partial charge in [-0.2, -0.15) is 0 Å². The molecule has 3 aromatic carbocycles. The van der Waals surface area contributed by atoms with Crippen molar-refractivity contribution in [3.05, 3.63) is 94.0 Å². The van der Waals surface area contributed by atoms with E-state index < -0.39 is 0 Å². The molecule has 0 atom stereocenters. The van der Waals surface area contributed by atoms with Gasteiger partial charge in [-0.3, -0.25) is 0 Å². The van der Waals surface area contributed by atoms with Crippen molar-refractivity contribution in [3.63, 3.8) is 0 Å². The van der Waals surface area contributed by atoms with Crippen molar-refractivity contribution in [2.45, 2.75) is 13.2 Å². The standard InChI is InChI=1S/C20H17Cl2NO/c21-19-10-9-17(12-20(19)22)23-13-16-7-4-8-18(11-16)24-14-15-5-2-1-3-6-15/h1-12,23H,13-14H2. The van der Waals surface area contributed by atoms with E-state index >= 15 is 0 Å². The Labute approximate surface area is 152 Å². The first-order chi connectivity index (χ1) is 11.7. The van der Waals surface area contributed by atoms with Gasteiger partial charge in [-0.25, -0.2) is 0 Å². The summed E-state index contributed by atoms with van der Waals surface area (Å²) in [6.07, 6.45) is 0. The van der Waals surface area contributed by atoms with Gasteiger partial charge in [-0.15, -0.1) is 0 Å². The molecule has 1 N–H and O–H groups in total. The van der Waals surface area contributed by atoms with Gasteiger partial charge >= 0.3 is 0 Å².